The van der Waals surface area contributed by atoms with Gasteiger partial charge in [-0.25, -0.2) is 4.68 Å². The van der Waals surface area contributed by atoms with Gasteiger partial charge in [0, 0.05) is 0 Å². The monoisotopic (exact) mass is 459 g/mol. The third-order valence-corrected chi connectivity index (χ3v) is 5.46. The van der Waals surface area contributed by atoms with Gasteiger partial charge in [-0.15, -0.1) is 0 Å². The summed E-state index contributed by atoms with van der Waals surface area (Å²) in [6, 6.07) is 9.05. The zero-order valence-electron chi connectivity index (χ0n) is 18.2. The lowest BCUT2D eigenvalue weighted by atomic mass is 10.0. The van der Waals surface area contributed by atoms with Gasteiger partial charge in [0.1, 0.15) is 22.6 Å². The van der Waals surface area contributed by atoms with Crippen LogP contribution in [0, 0.1) is 6.92 Å². The summed E-state index contributed by atoms with van der Waals surface area (Å²) in [4.78, 5) is 13.3. The third kappa shape index (κ3) is 3.92. The highest BCUT2D eigenvalue weighted by Crippen LogP contribution is 2.36. The Labute approximate surface area is 186 Å². The largest absolute Gasteiger partial charge is 0.497 e. The van der Waals surface area contributed by atoms with Gasteiger partial charge >= 0.3 is 6.18 Å². The maximum Gasteiger partial charge on any atom is 0.416 e. The van der Waals surface area contributed by atoms with E-state index in [1.54, 1.807) is 32.0 Å². The van der Waals surface area contributed by atoms with Crippen molar-refractivity contribution in [3.05, 3.63) is 69.6 Å². The van der Waals surface area contributed by atoms with Gasteiger partial charge in [-0.3, -0.25) is 4.79 Å². The van der Waals surface area contributed by atoms with Crippen LogP contribution in [0.4, 0.5) is 13.2 Å². The predicted octanol–water partition coefficient (Wildman–Crippen LogP) is 5.01. The number of rotatable bonds is 5. The minimum atomic E-state index is -4.45. The van der Waals surface area contributed by atoms with Gasteiger partial charge in [-0.1, -0.05) is 17.3 Å². The molecule has 0 radical (unpaired) electrons. The van der Waals surface area contributed by atoms with E-state index in [9.17, 15) is 18.0 Å². The number of aryl methyl sites for hydroxylation is 1. The van der Waals surface area contributed by atoms with Crippen LogP contribution in [0.2, 0.25) is 0 Å². The molecular formula is C23H20F3N3O4. The van der Waals surface area contributed by atoms with Crippen LogP contribution < -0.4 is 15.0 Å². The number of alkyl halides is 3. The number of hydrogen-bond acceptors (Lipinski definition) is 6. The second-order valence-corrected chi connectivity index (χ2v) is 7.43. The van der Waals surface area contributed by atoms with Crippen LogP contribution >= 0.6 is 0 Å². The number of ether oxygens (including phenoxy) is 2. The first kappa shape index (κ1) is 22.4. The number of methoxy groups -OCH3 is 2. The molecule has 0 aliphatic heterocycles. The third-order valence-electron chi connectivity index (χ3n) is 5.46. The van der Waals surface area contributed by atoms with Crippen molar-refractivity contribution in [2.45, 2.75) is 26.1 Å². The van der Waals surface area contributed by atoms with E-state index < -0.39 is 23.3 Å². The average Bonchev–Trinajstić information content (AvgIpc) is 3.20. The summed E-state index contributed by atoms with van der Waals surface area (Å²) < 4.78 is 56.3. The average molecular weight is 459 g/mol. The van der Waals surface area contributed by atoms with Crippen LogP contribution in [0.3, 0.4) is 0 Å². The van der Waals surface area contributed by atoms with Gasteiger partial charge in [0.25, 0.3) is 5.56 Å². The second kappa shape index (κ2) is 8.27. The molecule has 33 heavy (non-hydrogen) atoms. The van der Waals surface area contributed by atoms with E-state index in [4.69, 9.17) is 14.0 Å². The molecule has 2 aromatic carbocycles. The molecule has 0 saturated heterocycles. The predicted molar refractivity (Wildman–Crippen MR) is 115 cm³/mol. The summed E-state index contributed by atoms with van der Waals surface area (Å²) in [7, 11) is 3.01. The first-order valence-corrected chi connectivity index (χ1v) is 9.94. The lowest BCUT2D eigenvalue weighted by Crippen LogP contribution is -2.27. The molecule has 7 nitrogen and oxygen atoms in total. The van der Waals surface area contributed by atoms with Gasteiger partial charge in [0.2, 0.25) is 5.58 Å². The molecule has 0 spiro atoms. The first-order chi connectivity index (χ1) is 15.7. The Morgan fingerprint density at radius 2 is 1.76 bits per heavy atom. The van der Waals surface area contributed by atoms with Crippen LogP contribution in [0.15, 0.2) is 51.8 Å². The van der Waals surface area contributed by atoms with E-state index in [-0.39, 0.29) is 11.0 Å². The van der Waals surface area contributed by atoms with E-state index in [0.29, 0.717) is 34.0 Å². The fraction of sp³-hybridized carbons (Fsp3) is 0.261. The molecule has 0 saturated carbocycles. The molecule has 0 amide bonds. The van der Waals surface area contributed by atoms with Crippen molar-refractivity contribution < 1.29 is 27.2 Å². The van der Waals surface area contributed by atoms with E-state index in [2.05, 4.69) is 10.3 Å². The van der Waals surface area contributed by atoms with Crippen molar-refractivity contribution in [3.63, 3.8) is 0 Å². The van der Waals surface area contributed by atoms with Crippen molar-refractivity contribution >= 4 is 11.0 Å². The molecule has 4 aromatic rings. The molecule has 0 aliphatic carbocycles. The quantitative estimate of drug-likeness (QED) is 0.418. The van der Waals surface area contributed by atoms with Crippen molar-refractivity contribution in [1.82, 2.24) is 14.9 Å². The SMILES string of the molecule is COc1ccc(OC)c(-c2nn([C@H](C)c3ccc(C(F)(F)F)cc3)c(=O)c3c(C)noc23)c1. The first-order valence-electron chi connectivity index (χ1n) is 9.94. The van der Waals surface area contributed by atoms with Crippen LogP contribution in [-0.2, 0) is 6.18 Å². The van der Waals surface area contributed by atoms with Crippen molar-refractivity contribution in [2.75, 3.05) is 14.2 Å². The Morgan fingerprint density at radius 3 is 2.36 bits per heavy atom. The number of benzene rings is 2. The fourth-order valence-corrected chi connectivity index (χ4v) is 3.63. The normalized spacial score (nSPS) is 12.7. The topological polar surface area (TPSA) is 79.4 Å². The smallest absolute Gasteiger partial charge is 0.416 e. The number of hydrogen-bond donors (Lipinski definition) is 0. The van der Waals surface area contributed by atoms with E-state index in [1.807, 2.05) is 0 Å². The molecule has 0 unspecified atom stereocenters. The molecule has 0 aliphatic rings. The standard InChI is InChI=1S/C23H20F3N3O4/c1-12-19-21(33-28-12)20(17-11-16(31-3)9-10-18(17)32-4)27-29(22(19)30)13(2)14-5-7-15(8-6-14)23(24,25)26/h5-11,13H,1-4H3/t13-/m1/s1. The van der Waals surface area contributed by atoms with Crippen LogP contribution in [0.25, 0.3) is 22.2 Å². The Bertz CT molecular complexity index is 1370. The molecule has 1 atom stereocenters. The van der Waals surface area contributed by atoms with Gasteiger partial charge in [0.05, 0.1) is 37.1 Å². The van der Waals surface area contributed by atoms with Crippen molar-refractivity contribution in [1.29, 1.82) is 0 Å². The number of halogens is 3. The molecule has 2 heterocycles. The van der Waals surface area contributed by atoms with E-state index in [1.165, 1.54) is 31.0 Å². The highest BCUT2D eigenvalue weighted by atomic mass is 19.4. The van der Waals surface area contributed by atoms with Gasteiger partial charge in [-0.2, -0.15) is 18.3 Å². The summed E-state index contributed by atoms with van der Waals surface area (Å²) in [5, 5.41) is 8.68. The van der Waals surface area contributed by atoms with Gasteiger partial charge < -0.3 is 14.0 Å². The summed E-state index contributed by atoms with van der Waals surface area (Å²) in [6.07, 6.45) is -4.45. The zero-order valence-corrected chi connectivity index (χ0v) is 18.2. The summed E-state index contributed by atoms with van der Waals surface area (Å²) in [6.45, 7) is 3.31. The Morgan fingerprint density at radius 1 is 1.06 bits per heavy atom. The number of fused-ring (bicyclic) bond motifs is 1. The Hall–Kier alpha value is -3.82. The van der Waals surface area contributed by atoms with Gasteiger partial charge in [-0.05, 0) is 49.7 Å². The summed E-state index contributed by atoms with van der Waals surface area (Å²) in [5.41, 5.74) is 0.585. The number of aromatic nitrogens is 3. The minimum absolute atomic E-state index is 0.180. The molecule has 0 fully saturated rings. The minimum Gasteiger partial charge on any atom is -0.497 e. The molecule has 172 valence electrons. The molecule has 0 N–H and O–H groups in total. The molecule has 4 rings (SSSR count). The molecular weight excluding hydrogens is 439 g/mol. The summed E-state index contributed by atoms with van der Waals surface area (Å²) in [5.74, 6) is 0.997. The Balaban J connectivity index is 1.94. The Kier molecular flexibility index (Phi) is 5.61. The number of nitrogens with zero attached hydrogens (tertiary/aromatic N) is 3. The van der Waals surface area contributed by atoms with Crippen molar-refractivity contribution in [3.8, 4) is 22.8 Å². The second-order valence-electron chi connectivity index (χ2n) is 7.43. The van der Waals surface area contributed by atoms with Crippen molar-refractivity contribution in [2.24, 2.45) is 0 Å². The zero-order chi connectivity index (χ0) is 23.9. The lowest BCUT2D eigenvalue weighted by molar-refractivity contribution is -0.137. The maximum absolute atomic E-state index is 13.3. The van der Waals surface area contributed by atoms with Crippen LogP contribution in [0.5, 0.6) is 11.5 Å². The highest BCUT2D eigenvalue weighted by molar-refractivity contribution is 5.92. The fourth-order valence-electron chi connectivity index (χ4n) is 3.63. The molecule has 0 bridgehead atoms. The van der Waals surface area contributed by atoms with Crippen LogP contribution in [0.1, 0.15) is 29.8 Å². The highest BCUT2D eigenvalue weighted by Gasteiger charge is 2.30. The lowest BCUT2D eigenvalue weighted by Gasteiger charge is -2.17. The molecule has 10 heteroatoms. The van der Waals surface area contributed by atoms with Gasteiger partial charge in [0.15, 0.2) is 0 Å². The maximum atomic E-state index is 13.3. The van der Waals surface area contributed by atoms with E-state index in [0.717, 1.165) is 12.1 Å². The molecule has 2 aromatic heterocycles. The summed E-state index contributed by atoms with van der Waals surface area (Å²) >= 11 is 0. The van der Waals surface area contributed by atoms with E-state index >= 15 is 0 Å². The van der Waals surface area contributed by atoms with Crippen LogP contribution in [-0.4, -0.2) is 29.2 Å².